The predicted molar refractivity (Wildman–Crippen MR) is 145 cm³/mol. The summed E-state index contributed by atoms with van der Waals surface area (Å²) in [4.78, 5) is 28.8. The molecule has 6 nitrogen and oxygen atoms in total. The second-order valence-electron chi connectivity index (χ2n) is 7.96. The van der Waals surface area contributed by atoms with Crippen LogP contribution in [0.5, 0.6) is 5.75 Å². The normalized spacial score (nSPS) is 11.3. The largest absolute Gasteiger partial charge is 0.494 e. The minimum Gasteiger partial charge on any atom is -0.494 e. The van der Waals surface area contributed by atoms with Crippen molar-refractivity contribution in [2.24, 2.45) is 5.92 Å². The molecule has 1 heterocycles. The van der Waals surface area contributed by atoms with Gasteiger partial charge in [-0.3, -0.25) is 9.59 Å². The first-order valence-electron chi connectivity index (χ1n) is 10.9. The molecule has 0 amide bonds. The number of aryl methyl sites for hydroxylation is 1. The molecule has 3 rings (SSSR count). The predicted octanol–water partition coefficient (Wildman–Crippen LogP) is 6.21. The topological polar surface area (TPSA) is 88.5 Å². The average Bonchev–Trinajstić information content (AvgIpc) is 2.79. The average molecular weight is 535 g/mol. The number of nitrogens with zero attached hydrogens (tertiary/aromatic N) is 1. The summed E-state index contributed by atoms with van der Waals surface area (Å²) >= 11 is 12.4. The Bertz CT molecular complexity index is 1100. The zero-order valence-electron chi connectivity index (χ0n) is 19.3. The van der Waals surface area contributed by atoms with Gasteiger partial charge in [-0.15, -0.1) is 0 Å². The number of hydrogen-bond donors (Lipinski definition) is 2. The molecule has 0 aliphatic heterocycles. The van der Waals surface area contributed by atoms with Crippen molar-refractivity contribution >= 4 is 54.3 Å². The van der Waals surface area contributed by atoms with E-state index in [1.165, 1.54) is 0 Å². The number of ketones is 1. The van der Waals surface area contributed by atoms with Gasteiger partial charge in [-0.1, -0.05) is 41.4 Å². The molecule has 0 bridgehead atoms. The van der Waals surface area contributed by atoms with E-state index in [9.17, 15) is 14.7 Å². The third-order valence-corrected chi connectivity index (χ3v) is 5.81. The highest BCUT2D eigenvalue weighted by atomic mass is 35.5. The Labute approximate surface area is 222 Å². The van der Waals surface area contributed by atoms with Crippen molar-refractivity contribution in [3.8, 4) is 5.75 Å². The van der Waals surface area contributed by atoms with Gasteiger partial charge in [-0.2, -0.15) is 13.5 Å². The monoisotopic (exact) mass is 534 g/mol. The first-order valence-corrected chi connectivity index (χ1v) is 11.7. The van der Waals surface area contributed by atoms with E-state index in [0.29, 0.717) is 12.4 Å². The van der Waals surface area contributed by atoms with Crippen molar-refractivity contribution < 1.29 is 19.4 Å². The molecule has 9 heteroatoms. The number of rotatable bonds is 12. The summed E-state index contributed by atoms with van der Waals surface area (Å²) < 4.78 is 5.75. The summed E-state index contributed by atoms with van der Waals surface area (Å²) in [5.41, 5.74) is 1.79. The maximum Gasteiger partial charge on any atom is 0.307 e. The minimum atomic E-state index is -1.05. The molecule has 3 aromatic rings. The van der Waals surface area contributed by atoms with E-state index in [1.54, 1.807) is 30.5 Å². The smallest absolute Gasteiger partial charge is 0.307 e. The summed E-state index contributed by atoms with van der Waals surface area (Å²) in [6, 6.07) is 16.2. The number of benzene rings is 2. The number of hydrogen-bond acceptors (Lipinski definition) is 5. The zero-order chi connectivity index (χ0) is 24.5. The number of pyridine rings is 1. The lowest BCUT2D eigenvalue weighted by molar-refractivity contribution is -0.141. The Kier molecular flexibility index (Phi) is 11.4. The van der Waals surface area contributed by atoms with Crippen LogP contribution in [0.15, 0.2) is 60.8 Å². The molecule has 0 aliphatic rings. The van der Waals surface area contributed by atoms with Gasteiger partial charge in [-0.25, -0.2) is 4.98 Å². The van der Waals surface area contributed by atoms with Gasteiger partial charge < -0.3 is 15.2 Å². The van der Waals surface area contributed by atoms with E-state index in [-0.39, 0.29) is 47.7 Å². The lowest BCUT2D eigenvalue weighted by Crippen LogP contribution is -2.21. The Morgan fingerprint density at radius 2 is 1.77 bits per heavy atom. The van der Waals surface area contributed by atoms with E-state index in [2.05, 4.69) is 10.3 Å². The number of aliphatic carboxylic acids is 1. The maximum atomic E-state index is 12.8. The molecule has 0 fully saturated rings. The van der Waals surface area contributed by atoms with E-state index in [1.807, 2.05) is 37.3 Å². The van der Waals surface area contributed by atoms with Crippen LogP contribution in [0, 0.1) is 12.8 Å². The SMILES string of the molecule is Cc1cc(Cl)c(C(=O)CC(Cc2ccc(OCCCNc3ccccn3)cc2)C(=O)O)c(Cl)c1.S. The van der Waals surface area contributed by atoms with Crippen LogP contribution in [0.4, 0.5) is 5.82 Å². The highest BCUT2D eigenvalue weighted by molar-refractivity contribution is 7.59. The van der Waals surface area contributed by atoms with Crippen molar-refractivity contribution in [3.05, 3.63) is 87.5 Å². The lowest BCUT2D eigenvalue weighted by Gasteiger charge is -2.14. The fourth-order valence-corrected chi connectivity index (χ4v) is 4.30. The first-order chi connectivity index (χ1) is 16.3. The molecule has 1 unspecified atom stereocenters. The number of aromatic nitrogens is 1. The molecule has 2 N–H and O–H groups in total. The van der Waals surface area contributed by atoms with Crippen LogP contribution >= 0.6 is 36.7 Å². The van der Waals surface area contributed by atoms with Crippen LogP contribution in [0.3, 0.4) is 0 Å². The Balaban J connectivity index is 0.00000432. The molecule has 0 saturated heterocycles. The van der Waals surface area contributed by atoms with Gasteiger partial charge in [-0.05, 0) is 67.3 Å². The van der Waals surface area contributed by atoms with E-state index in [0.717, 1.165) is 29.9 Å². The van der Waals surface area contributed by atoms with Crippen molar-refractivity contribution in [1.82, 2.24) is 4.98 Å². The summed E-state index contributed by atoms with van der Waals surface area (Å²) in [5.74, 6) is -0.812. The third kappa shape index (κ3) is 8.76. The number of carboxylic acid groups (broad SMARTS) is 1. The molecule has 0 saturated carbocycles. The summed E-state index contributed by atoms with van der Waals surface area (Å²) in [7, 11) is 0. The van der Waals surface area contributed by atoms with Crippen LogP contribution in [0.25, 0.3) is 0 Å². The van der Waals surface area contributed by atoms with Gasteiger partial charge >= 0.3 is 5.97 Å². The summed E-state index contributed by atoms with van der Waals surface area (Å²) in [6.07, 6.45) is 2.54. The number of nitrogens with one attached hydrogen (secondary N) is 1. The molecule has 1 aromatic heterocycles. The van der Waals surface area contributed by atoms with Crippen LogP contribution in [-0.4, -0.2) is 35.0 Å². The highest BCUT2D eigenvalue weighted by Crippen LogP contribution is 2.29. The number of halogens is 2. The van der Waals surface area contributed by atoms with Crippen molar-refractivity contribution in [2.45, 2.75) is 26.2 Å². The molecule has 2 aromatic carbocycles. The Morgan fingerprint density at radius 1 is 1.09 bits per heavy atom. The number of ether oxygens (including phenoxy) is 1. The number of carbonyl (C=O) groups is 2. The standard InChI is InChI=1S/C26H26Cl2N2O4.H2S/c1-17-13-21(27)25(22(28)14-17)23(31)16-19(26(32)33)15-18-6-8-20(9-7-18)34-12-4-11-30-24-5-2-3-10-29-24;/h2-3,5-10,13-14,19H,4,11-12,15-16H2,1H3,(H,29,30)(H,32,33);1H2. The molecular formula is C26H28Cl2N2O4S. The Hall–Kier alpha value is -2.74. The van der Waals surface area contributed by atoms with Crippen molar-refractivity contribution in [1.29, 1.82) is 0 Å². The quantitative estimate of drug-likeness (QED) is 0.212. The fraction of sp³-hybridized carbons (Fsp3) is 0.269. The molecule has 0 aliphatic carbocycles. The van der Waals surface area contributed by atoms with Gasteiger partial charge in [0, 0.05) is 19.2 Å². The number of carbonyl (C=O) groups excluding carboxylic acids is 1. The molecule has 186 valence electrons. The first kappa shape index (κ1) is 28.5. The molecule has 35 heavy (non-hydrogen) atoms. The van der Waals surface area contributed by atoms with E-state index < -0.39 is 11.9 Å². The molecule has 0 spiro atoms. The fourth-order valence-electron chi connectivity index (χ4n) is 3.49. The van der Waals surface area contributed by atoms with Crippen LogP contribution in [0.1, 0.15) is 34.3 Å². The molecular weight excluding hydrogens is 507 g/mol. The molecule has 0 radical (unpaired) electrons. The second-order valence-corrected chi connectivity index (χ2v) is 8.77. The van der Waals surface area contributed by atoms with Gasteiger partial charge in [0.2, 0.25) is 0 Å². The summed E-state index contributed by atoms with van der Waals surface area (Å²) in [6.45, 7) is 3.08. The highest BCUT2D eigenvalue weighted by Gasteiger charge is 2.25. The Morgan fingerprint density at radius 3 is 2.37 bits per heavy atom. The third-order valence-electron chi connectivity index (χ3n) is 5.21. The number of Topliss-reactive ketones (excluding diaryl/α,β-unsaturated/α-hetero) is 1. The lowest BCUT2D eigenvalue weighted by atomic mass is 9.92. The zero-order valence-corrected chi connectivity index (χ0v) is 21.8. The summed E-state index contributed by atoms with van der Waals surface area (Å²) in [5, 5.41) is 13.3. The van der Waals surface area contributed by atoms with Crippen molar-refractivity contribution in [2.75, 3.05) is 18.5 Å². The molecule has 1 atom stereocenters. The van der Waals surface area contributed by atoms with Crippen LogP contribution in [0.2, 0.25) is 10.0 Å². The van der Waals surface area contributed by atoms with Crippen LogP contribution < -0.4 is 10.1 Å². The van der Waals surface area contributed by atoms with E-state index in [4.69, 9.17) is 27.9 Å². The maximum absolute atomic E-state index is 12.8. The van der Waals surface area contributed by atoms with E-state index >= 15 is 0 Å². The van der Waals surface area contributed by atoms with Gasteiger partial charge in [0.1, 0.15) is 11.6 Å². The van der Waals surface area contributed by atoms with Gasteiger partial charge in [0.05, 0.1) is 28.1 Å². The minimum absolute atomic E-state index is 0. The van der Waals surface area contributed by atoms with Gasteiger partial charge in [0.15, 0.2) is 5.78 Å². The second kappa shape index (κ2) is 14.0. The number of anilines is 1. The number of carboxylic acids is 1. The van der Waals surface area contributed by atoms with Gasteiger partial charge in [0.25, 0.3) is 0 Å². The van der Waals surface area contributed by atoms with Crippen LogP contribution in [-0.2, 0) is 11.2 Å². The van der Waals surface area contributed by atoms with Crippen molar-refractivity contribution in [3.63, 3.8) is 0 Å².